The van der Waals surface area contributed by atoms with Crippen molar-refractivity contribution < 1.29 is 64.7 Å². The van der Waals surface area contributed by atoms with Crippen molar-refractivity contribution in [3.63, 3.8) is 0 Å². The zero-order valence-corrected chi connectivity index (χ0v) is 21.6. The van der Waals surface area contributed by atoms with Crippen LogP contribution in [0.25, 0.3) is 0 Å². The summed E-state index contributed by atoms with van der Waals surface area (Å²) < 4.78 is 14.7. The molecule has 0 spiro atoms. The predicted octanol–water partition coefficient (Wildman–Crippen LogP) is -0.0581. The van der Waals surface area contributed by atoms with Gasteiger partial charge in [0.05, 0.1) is 31.2 Å². The standard InChI is InChI=1S/C9H16O3.C9H14O3.C4H8O.B.Na.H/c2*1-2-12-9(11)7-4-3-5-8(10)6-7;1-2-4-5-3-1;;;/h7-8,10H,2-6H2,1H3;7H,2-6H2,1H3;1-4H2;;;/q;;;;+1;-1. The number of rotatable bonds is 4. The van der Waals surface area contributed by atoms with Gasteiger partial charge in [-0.3, -0.25) is 14.4 Å². The molecule has 9 heteroatoms. The van der Waals surface area contributed by atoms with E-state index in [1.165, 1.54) is 12.8 Å². The molecule has 2 saturated carbocycles. The van der Waals surface area contributed by atoms with Crippen LogP contribution in [0.3, 0.4) is 0 Å². The minimum absolute atomic E-state index is 0. The third kappa shape index (κ3) is 15.1. The first-order valence-corrected chi connectivity index (χ1v) is 11.1. The second-order valence-electron chi connectivity index (χ2n) is 7.67. The number of esters is 2. The summed E-state index contributed by atoms with van der Waals surface area (Å²) >= 11 is 0. The van der Waals surface area contributed by atoms with Crippen molar-refractivity contribution in [1.82, 2.24) is 0 Å². The summed E-state index contributed by atoms with van der Waals surface area (Å²) in [5.74, 6) is -0.374. The van der Waals surface area contributed by atoms with Crippen molar-refractivity contribution in [3.05, 3.63) is 0 Å². The van der Waals surface area contributed by atoms with Crippen LogP contribution in [0.2, 0.25) is 0 Å². The van der Waals surface area contributed by atoms with Crippen LogP contribution in [0, 0.1) is 11.8 Å². The van der Waals surface area contributed by atoms with Gasteiger partial charge in [-0.05, 0) is 58.8 Å². The fraction of sp³-hybridized carbons (Fsp3) is 0.864. The molecular weight excluding hydrogens is 410 g/mol. The first-order valence-electron chi connectivity index (χ1n) is 11.1. The average molecular weight is 449 g/mol. The topological polar surface area (TPSA) is 99.1 Å². The Hall–Kier alpha value is -0.405. The largest absolute Gasteiger partial charge is 1.00 e. The van der Waals surface area contributed by atoms with Gasteiger partial charge in [0.25, 0.3) is 0 Å². The molecule has 2 aliphatic carbocycles. The molecule has 1 heterocycles. The molecule has 0 aromatic heterocycles. The fourth-order valence-corrected chi connectivity index (χ4v) is 3.63. The molecule has 3 unspecified atom stereocenters. The molecule has 7 nitrogen and oxygen atoms in total. The van der Waals surface area contributed by atoms with E-state index in [0.717, 1.165) is 45.3 Å². The molecule has 31 heavy (non-hydrogen) atoms. The number of ether oxygens (including phenoxy) is 3. The number of Topliss-reactive ketones (excluding diaryl/α,β-unsaturated/α-hetero) is 1. The second-order valence-corrected chi connectivity index (χ2v) is 7.67. The molecular formula is C22H39BNaO7. The van der Waals surface area contributed by atoms with Gasteiger partial charge in [-0.2, -0.15) is 0 Å². The van der Waals surface area contributed by atoms with Crippen molar-refractivity contribution in [2.45, 2.75) is 84.2 Å². The van der Waals surface area contributed by atoms with E-state index in [4.69, 9.17) is 14.2 Å². The molecule has 0 bridgehead atoms. The van der Waals surface area contributed by atoms with Crippen LogP contribution in [0.15, 0.2) is 0 Å². The normalized spacial score (nSPS) is 24.6. The van der Waals surface area contributed by atoms with E-state index in [1.807, 2.05) is 0 Å². The van der Waals surface area contributed by atoms with E-state index in [-0.39, 0.29) is 75.1 Å². The first-order chi connectivity index (χ1) is 14.0. The van der Waals surface area contributed by atoms with Gasteiger partial charge in [-0.25, -0.2) is 0 Å². The third-order valence-corrected chi connectivity index (χ3v) is 5.20. The molecule has 3 atom stereocenters. The first kappa shape index (κ1) is 32.8. The van der Waals surface area contributed by atoms with Crippen molar-refractivity contribution in [2.24, 2.45) is 11.8 Å². The summed E-state index contributed by atoms with van der Waals surface area (Å²) in [4.78, 5) is 33.4. The van der Waals surface area contributed by atoms with Gasteiger partial charge < -0.3 is 20.7 Å². The van der Waals surface area contributed by atoms with Crippen LogP contribution >= 0.6 is 0 Å². The molecule has 0 amide bonds. The molecule has 3 radical (unpaired) electrons. The fourth-order valence-electron chi connectivity index (χ4n) is 3.63. The van der Waals surface area contributed by atoms with Gasteiger partial charge in [0, 0.05) is 34.5 Å². The number of aliphatic hydroxyl groups is 1. The van der Waals surface area contributed by atoms with E-state index in [0.29, 0.717) is 32.5 Å². The number of carbonyl (C=O) groups excluding carboxylic acids is 3. The Kier molecular flexibility index (Phi) is 21.4. The van der Waals surface area contributed by atoms with Gasteiger partial charge in [-0.1, -0.05) is 6.42 Å². The van der Waals surface area contributed by atoms with Gasteiger partial charge >= 0.3 is 41.5 Å². The molecule has 3 aliphatic rings. The maximum atomic E-state index is 11.2. The zero-order chi connectivity index (χ0) is 21.5. The van der Waals surface area contributed by atoms with Crippen molar-refractivity contribution in [2.75, 3.05) is 26.4 Å². The Bertz CT molecular complexity index is 499. The molecule has 1 N–H and O–H groups in total. The number of hydrogen-bond acceptors (Lipinski definition) is 7. The molecule has 3 rings (SSSR count). The van der Waals surface area contributed by atoms with E-state index in [1.54, 1.807) is 13.8 Å². The summed E-state index contributed by atoms with van der Waals surface area (Å²) in [5.41, 5.74) is 0. The van der Waals surface area contributed by atoms with Crippen LogP contribution in [-0.2, 0) is 28.6 Å². The smallest absolute Gasteiger partial charge is 1.00 e. The van der Waals surface area contributed by atoms with Crippen molar-refractivity contribution in [1.29, 1.82) is 0 Å². The summed E-state index contributed by atoms with van der Waals surface area (Å²) in [5, 5.41) is 9.29. The quantitative estimate of drug-likeness (QED) is 0.474. The Balaban J connectivity index is -0.000000402. The molecule has 1 aliphatic heterocycles. The number of hydrogen-bond donors (Lipinski definition) is 1. The van der Waals surface area contributed by atoms with Gasteiger partial charge in [0.15, 0.2) is 0 Å². The summed E-state index contributed by atoms with van der Waals surface area (Å²) in [7, 11) is 0. The zero-order valence-electron chi connectivity index (χ0n) is 20.6. The molecule has 3 fully saturated rings. The Morgan fingerprint density at radius 1 is 0.968 bits per heavy atom. The van der Waals surface area contributed by atoms with E-state index in [9.17, 15) is 19.5 Å². The Morgan fingerprint density at radius 3 is 1.97 bits per heavy atom. The van der Waals surface area contributed by atoms with E-state index < -0.39 is 0 Å². The van der Waals surface area contributed by atoms with Crippen LogP contribution in [0.1, 0.15) is 79.5 Å². The predicted molar refractivity (Wildman–Crippen MR) is 115 cm³/mol. The second kappa shape index (κ2) is 20.2. The number of aliphatic hydroxyl groups excluding tert-OH is 1. The third-order valence-electron chi connectivity index (χ3n) is 5.20. The molecule has 0 aromatic rings. The summed E-state index contributed by atoms with van der Waals surface area (Å²) in [6.07, 6.45) is 8.14. The van der Waals surface area contributed by atoms with Gasteiger partial charge in [-0.15, -0.1) is 0 Å². The maximum absolute atomic E-state index is 11.2. The molecule has 0 aromatic carbocycles. The van der Waals surface area contributed by atoms with Crippen LogP contribution < -0.4 is 29.6 Å². The molecule has 1 saturated heterocycles. The maximum Gasteiger partial charge on any atom is 1.00 e. The van der Waals surface area contributed by atoms with E-state index in [2.05, 4.69) is 0 Å². The number of ketones is 1. The van der Waals surface area contributed by atoms with Gasteiger partial charge in [0.1, 0.15) is 5.78 Å². The minimum atomic E-state index is -0.298. The van der Waals surface area contributed by atoms with Crippen LogP contribution in [0.5, 0.6) is 0 Å². The van der Waals surface area contributed by atoms with Crippen molar-refractivity contribution in [3.8, 4) is 0 Å². The van der Waals surface area contributed by atoms with Crippen molar-refractivity contribution >= 4 is 26.1 Å². The van der Waals surface area contributed by atoms with E-state index >= 15 is 0 Å². The molecule has 173 valence electrons. The average Bonchev–Trinajstić information content (AvgIpc) is 3.29. The summed E-state index contributed by atoms with van der Waals surface area (Å²) in [6.45, 7) is 6.43. The van der Waals surface area contributed by atoms with Gasteiger partial charge in [0.2, 0.25) is 0 Å². The van der Waals surface area contributed by atoms with Crippen LogP contribution in [0.4, 0.5) is 0 Å². The van der Waals surface area contributed by atoms with Crippen LogP contribution in [-0.4, -0.2) is 63.8 Å². The number of carbonyl (C=O) groups is 3. The monoisotopic (exact) mass is 449 g/mol. The minimum Gasteiger partial charge on any atom is -1.00 e. The Labute approximate surface area is 212 Å². The summed E-state index contributed by atoms with van der Waals surface area (Å²) in [6, 6.07) is 0. The SMILES string of the molecule is C1CCOC1.CCOC(=O)C1CCCC(=O)C1.CCOC(=O)C1CCCC(O)C1.[B].[H-].[Na+]. The Morgan fingerprint density at radius 2 is 1.52 bits per heavy atom.